The number of carbonyl (C=O) groups is 1. The zero-order valence-corrected chi connectivity index (χ0v) is 15.5. The van der Waals surface area contributed by atoms with Gasteiger partial charge in [0, 0.05) is 30.8 Å². The van der Waals surface area contributed by atoms with Crippen molar-refractivity contribution in [3.63, 3.8) is 0 Å². The summed E-state index contributed by atoms with van der Waals surface area (Å²) in [5.41, 5.74) is 2.79. The second-order valence-corrected chi connectivity index (χ2v) is 6.63. The fourth-order valence-electron chi connectivity index (χ4n) is 2.91. The molecule has 5 nitrogen and oxygen atoms in total. The Balaban J connectivity index is 1.73. The number of carbonyl (C=O) groups excluding carboxylic acids is 1. The van der Waals surface area contributed by atoms with Gasteiger partial charge in [0.05, 0.1) is 13.2 Å². The molecule has 0 saturated carbocycles. The average molecular weight is 354 g/mol. The molecular formula is C21H26N2O3. The smallest absolute Gasteiger partial charge is 0.254 e. The van der Waals surface area contributed by atoms with Crippen LogP contribution in [0.1, 0.15) is 10.4 Å². The van der Waals surface area contributed by atoms with Crippen molar-refractivity contribution in [1.29, 1.82) is 0 Å². The fraction of sp³-hybridized carbons (Fsp3) is 0.381. The molecule has 3 rings (SSSR count). The molecule has 5 heteroatoms. The van der Waals surface area contributed by atoms with Gasteiger partial charge in [-0.1, -0.05) is 30.3 Å². The highest BCUT2D eigenvalue weighted by molar-refractivity contribution is 5.94. The van der Waals surface area contributed by atoms with Gasteiger partial charge in [-0.3, -0.25) is 4.79 Å². The van der Waals surface area contributed by atoms with E-state index in [1.807, 2.05) is 67.5 Å². The number of benzene rings is 2. The van der Waals surface area contributed by atoms with Crippen molar-refractivity contribution in [3.8, 4) is 16.9 Å². The van der Waals surface area contributed by atoms with Gasteiger partial charge in [-0.15, -0.1) is 0 Å². The second kappa shape index (κ2) is 8.83. The van der Waals surface area contributed by atoms with Crippen LogP contribution in [0.3, 0.4) is 0 Å². The van der Waals surface area contributed by atoms with E-state index in [0.29, 0.717) is 38.5 Å². The lowest BCUT2D eigenvalue weighted by atomic mass is 10.0. The molecule has 0 radical (unpaired) electrons. The number of amides is 1. The molecule has 26 heavy (non-hydrogen) atoms. The number of hydrogen-bond acceptors (Lipinski definition) is 4. The van der Waals surface area contributed by atoms with Crippen LogP contribution in [0, 0.1) is 0 Å². The number of morpholine rings is 1. The van der Waals surface area contributed by atoms with Crippen LogP contribution in [0.15, 0.2) is 48.5 Å². The summed E-state index contributed by atoms with van der Waals surface area (Å²) < 4.78 is 11.3. The van der Waals surface area contributed by atoms with E-state index in [2.05, 4.69) is 4.90 Å². The monoisotopic (exact) mass is 354 g/mol. The molecule has 0 bridgehead atoms. The molecule has 0 atom stereocenters. The maximum absolute atomic E-state index is 12.6. The lowest BCUT2D eigenvalue weighted by Gasteiger charge is -2.26. The second-order valence-electron chi connectivity index (χ2n) is 6.63. The third-order valence-electron chi connectivity index (χ3n) is 4.42. The van der Waals surface area contributed by atoms with Crippen LogP contribution < -0.4 is 4.74 Å². The first-order valence-corrected chi connectivity index (χ1v) is 8.99. The SMILES string of the molecule is CN(C)CCOc1ccccc1-c1ccc(C(=O)N2CCOCC2)cc1. The van der Waals surface area contributed by atoms with Crippen molar-refractivity contribution >= 4 is 5.91 Å². The molecule has 1 aliphatic heterocycles. The maximum Gasteiger partial charge on any atom is 0.254 e. The summed E-state index contributed by atoms with van der Waals surface area (Å²) in [6.07, 6.45) is 0. The highest BCUT2D eigenvalue weighted by Gasteiger charge is 2.18. The minimum absolute atomic E-state index is 0.0652. The Morgan fingerprint density at radius 3 is 2.46 bits per heavy atom. The molecule has 1 amide bonds. The molecule has 2 aromatic carbocycles. The molecule has 1 aliphatic rings. The summed E-state index contributed by atoms with van der Waals surface area (Å²) in [6, 6.07) is 15.8. The highest BCUT2D eigenvalue weighted by Crippen LogP contribution is 2.30. The van der Waals surface area contributed by atoms with Crippen LogP contribution in [0.25, 0.3) is 11.1 Å². The van der Waals surface area contributed by atoms with Gasteiger partial charge in [-0.2, -0.15) is 0 Å². The lowest BCUT2D eigenvalue weighted by molar-refractivity contribution is 0.0303. The first-order valence-electron chi connectivity index (χ1n) is 8.99. The quantitative estimate of drug-likeness (QED) is 0.800. The standard InChI is InChI=1S/C21H26N2O3/c1-22(2)11-16-26-20-6-4-3-5-19(20)17-7-9-18(10-8-17)21(24)23-12-14-25-15-13-23/h3-10H,11-16H2,1-2H3. The van der Waals surface area contributed by atoms with Crippen LogP contribution in [0.4, 0.5) is 0 Å². The molecule has 0 spiro atoms. The molecule has 0 N–H and O–H groups in total. The van der Waals surface area contributed by atoms with Gasteiger partial charge in [0.15, 0.2) is 0 Å². The van der Waals surface area contributed by atoms with Crippen LogP contribution >= 0.6 is 0 Å². The molecule has 0 unspecified atom stereocenters. The number of ether oxygens (including phenoxy) is 2. The molecule has 1 heterocycles. The number of likely N-dealkylation sites (N-methyl/N-ethyl adjacent to an activating group) is 1. The summed E-state index contributed by atoms with van der Waals surface area (Å²) in [7, 11) is 4.05. The topological polar surface area (TPSA) is 42.0 Å². The van der Waals surface area contributed by atoms with Gasteiger partial charge >= 0.3 is 0 Å². The normalized spacial score (nSPS) is 14.5. The number of nitrogens with zero attached hydrogens (tertiary/aromatic N) is 2. The van der Waals surface area contributed by atoms with E-state index in [0.717, 1.165) is 23.4 Å². The van der Waals surface area contributed by atoms with Crippen molar-refractivity contribution in [1.82, 2.24) is 9.80 Å². The van der Waals surface area contributed by atoms with Crippen molar-refractivity contribution in [2.24, 2.45) is 0 Å². The minimum Gasteiger partial charge on any atom is -0.492 e. The van der Waals surface area contributed by atoms with Crippen LogP contribution in [0.5, 0.6) is 5.75 Å². The number of rotatable bonds is 6. The van der Waals surface area contributed by atoms with Gasteiger partial charge in [0.1, 0.15) is 12.4 Å². The summed E-state index contributed by atoms with van der Waals surface area (Å²) in [5.74, 6) is 0.928. The first kappa shape index (κ1) is 18.4. The Morgan fingerprint density at radius 1 is 1.08 bits per heavy atom. The predicted molar refractivity (Wildman–Crippen MR) is 103 cm³/mol. The van der Waals surface area contributed by atoms with Crippen molar-refractivity contribution in [2.45, 2.75) is 0 Å². The largest absolute Gasteiger partial charge is 0.492 e. The Kier molecular flexibility index (Phi) is 6.26. The maximum atomic E-state index is 12.6. The van der Waals surface area contributed by atoms with Gasteiger partial charge in [-0.05, 0) is 37.9 Å². The molecule has 1 saturated heterocycles. The summed E-state index contributed by atoms with van der Waals surface area (Å²) in [4.78, 5) is 16.5. The van der Waals surface area contributed by atoms with Crippen molar-refractivity contribution in [3.05, 3.63) is 54.1 Å². The van der Waals surface area contributed by atoms with Crippen LogP contribution in [-0.2, 0) is 4.74 Å². The Bertz CT molecular complexity index is 722. The Hall–Kier alpha value is -2.37. The third kappa shape index (κ3) is 4.62. The highest BCUT2D eigenvalue weighted by atomic mass is 16.5. The van der Waals surface area contributed by atoms with E-state index in [-0.39, 0.29) is 5.91 Å². The zero-order chi connectivity index (χ0) is 18.4. The van der Waals surface area contributed by atoms with E-state index in [9.17, 15) is 4.79 Å². The molecule has 0 aliphatic carbocycles. The Morgan fingerprint density at radius 2 is 1.77 bits per heavy atom. The van der Waals surface area contributed by atoms with Crippen molar-refractivity contribution in [2.75, 3.05) is 53.6 Å². The van der Waals surface area contributed by atoms with Gasteiger partial charge in [0.2, 0.25) is 0 Å². The minimum atomic E-state index is 0.0652. The van der Waals surface area contributed by atoms with E-state index in [1.165, 1.54) is 0 Å². The average Bonchev–Trinajstić information content (AvgIpc) is 2.68. The third-order valence-corrected chi connectivity index (χ3v) is 4.42. The van der Waals surface area contributed by atoms with E-state index in [4.69, 9.17) is 9.47 Å². The molecule has 1 fully saturated rings. The predicted octanol–water partition coefficient (Wildman–Crippen LogP) is 2.77. The summed E-state index contributed by atoms with van der Waals surface area (Å²) in [6.45, 7) is 4.04. The lowest BCUT2D eigenvalue weighted by Crippen LogP contribution is -2.40. The van der Waals surface area contributed by atoms with Crippen LogP contribution in [0.2, 0.25) is 0 Å². The van der Waals surface area contributed by atoms with Gasteiger partial charge < -0.3 is 19.3 Å². The van der Waals surface area contributed by atoms with E-state index < -0.39 is 0 Å². The van der Waals surface area contributed by atoms with E-state index in [1.54, 1.807) is 0 Å². The summed E-state index contributed by atoms with van der Waals surface area (Å²) in [5, 5.41) is 0. The summed E-state index contributed by atoms with van der Waals surface area (Å²) >= 11 is 0. The van der Waals surface area contributed by atoms with Gasteiger partial charge in [-0.25, -0.2) is 0 Å². The molecule has 0 aromatic heterocycles. The fourth-order valence-corrected chi connectivity index (χ4v) is 2.91. The van der Waals surface area contributed by atoms with Crippen LogP contribution in [-0.4, -0.2) is 69.3 Å². The zero-order valence-electron chi connectivity index (χ0n) is 15.5. The number of para-hydroxylation sites is 1. The van der Waals surface area contributed by atoms with E-state index >= 15 is 0 Å². The number of hydrogen-bond donors (Lipinski definition) is 0. The molecule has 2 aromatic rings. The Labute approximate surface area is 155 Å². The first-order chi connectivity index (χ1) is 12.6. The van der Waals surface area contributed by atoms with Crippen molar-refractivity contribution < 1.29 is 14.3 Å². The molecular weight excluding hydrogens is 328 g/mol. The van der Waals surface area contributed by atoms with Gasteiger partial charge in [0.25, 0.3) is 5.91 Å². The molecule has 138 valence electrons.